The Morgan fingerprint density at radius 2 is 1.97 bits per heavy atom. The standard InChI is InChI=1S/C26H35FN6O/c27-22-11-9-20(10-12-22)23-17-24(33(31-23)26(29)30-14-5-13-28)21-8-4-15-32(18-21)25(34)16-19-6-2-1-3-7-19/h9-14,17,19,21,26,28H,1-8,15-16,18,29H2. The number of amides is 1. The summed E-state index contributed by atoms with van der Waals surface area (Å²) in [5, 5.41) is 11.9. The van der Waals surface area contributed by atoms with Gasteiger partial charge in [0.15, 0.2) is 6.29 Å². The van der Waals surface area contributed by atoms with Crippen molar-refractivity contribution in [3.8, 4) is 11.3 Å². The van der Waals surface area contributed by atoms with Gasteiger partial charge >= 0.3 is 0 Å². The number of nitrogens with zero attached hydrogens (tertiary/aromatic N) is 4. The van der Waals surface area contributed by atoms with E-state index >= 15 is 0 Å². The van der Waals surface area contributed by atoms with Gasteiger partial charge in [0.1, 0.15) is 5.82 Å². The molecule has 1 amide bonds. The number of carbonyl (C=O) groups excluding carboxylic acids is 1. The van der Waals surface area contributed by atoms with Crippen molar-refractivity contribution in [2.24, 2.45) is 16.6 Å². The van der Waals surface area contributed by atoms with Gasteiger partial charge in [0.2, 0.25) is 5.91 Å². The molecule has 0 radical (unpaired) electrons. The lowest BCUT2D eigenvalue weighted by Gasteiger charge is -2.34. The van der Waals surface area contributed by atoms with Crippen LogP contribution >= 0.6 is 0 Å². The van der Waals surface area contributed by atoms with Crippen molar-refractivity contribution >= 4 is 18.3 Å². The molecule has 1 saturated carbocycles. The van der Waals surface area contributed by atoms with E-state index in [1.165, 1.54) is 50.5 Å². The summed E-state index contributed by atoms with van der Waals surface area (Å²) in [5.74, 6) is 0.592. The van der Waals surface area contributed by atoms with E-state index in [1.807, 2.05) is 11.0 Å². The van der Waals surface area contributed by atoms with Crippen LogP contribution in [-0.4, -0.2) is 46.1 Å². The predicted octanol–water partition coefficient (Wildman–Crippen LogP) is 4.89. The Morgan fingerprint density at radius 1 is 1.21 bits per heavy atom. The number of halogens is 1. The number of aliphatic imine (C=N–C) groups is 1. The number of piperidine rings is 1. The molecule has 1 saturated heterocycles. The number of aromatic nitrogens is 2. The van der Waals surface area contributed by atoms with Crippen LogP contribution in [0.1, 0.15) is 75.7 Å². The molecule has 2 unspecified atom stereocenters. The fourth-order valence-electron chi connectivity index (χ4n) is 5.18. The molecule has 2 heterocycles. The van der Waals surface area contributed by atoms with Crippen LogP contribution in [0.15, 0.2) is 35.3 Å². The highest BCUT2D eigenvalue weighted by Crippen LogP contribution is 2.33. The zero-order valence-corrected chi connectivity index (χ0v) is 19.7. The molecule has 0 spiro atoms. The number of benzene rings is 1. The third-order valence-corrected chi connectivity index (χ3v) is 7.02. The monoisotopic (exact) mass is 466 g/mol. The second-order valence-electron chi connectivity index (χ2n) is 9.48. The maximum atomic E-state index is 13.4. The van der Waals surface area contributed by atoms with Gasteiger partial charge in [-0.25, -0.2) is 9.07 Å². The summed E-state index contributed by atoms with van der Waals surface area (Å²) in [6.07, 6.45) is 11.2. The summed E-state index contributed by atoms with van der Waals surface area (Å²) < 4.78 is 15.2. The third-order valence-electron chi connectivity index (χ3n) is 7.02. The SMILES string of the molecule is N=CCC=NC(N)n1nc(-c2ccc(F)cc2)cc1C1CCCN(C(=O)CC2CCCCC2)C1. The number of likely N-dealkylation sites (tertiary alicyclic amines) is 1. The number of nitrogens with two attached hydrogens (primary N) is 1. The largest absolute Gasteiger partial charge is 0.342 e. The fraction of sp³-hybridized carbons (Fsp3) is 0.538. The van der Waals surface area contributed by atoms with Crippen LogP contribution in [0.3, 0.4) is 0 Å². The van der Waals surface area contributed by atoms with E-state index in [4.69, 9.17) is 16.2 Å². The first-order valence-corrected chi connectivity index (χ1v) is 12.4. The second-order valence-corrected chi connectivity index (χ2v) is 9.48. The maximum Gasteiger partial charge on any atom is 0.222 e. The van der Waals surface area contributed by atoms with E-state index in [1.54, 1.807) is 23.0 Å². The fourth-order valence-corrected chi connectivity index (χ4v) is 5.18. The highest BCUT2D eigenvalue weighted by atomic mass is 19.1. The van der Waals surface area contributed by atoms with Gasteiger partial charge in [-0.1, -0.05) is 19.3 Å². The lowest BCUT2D eigenvalue weighted by molar-refractivity contribution is -0.133. The molecule has 182 valence electrons. The minimum Gasteiger partial charge on any atom is -0.342 e. The zero-order valence-electron chi connectivity index (χ0n) is 19.7. The Morgan fingerprint density at radius 3 is 2.71 bits per heavy atom. The van der Waals surface area contributed by atoms with Crippen molar-refractivity contribution in [1.29, 1.82) is 5.41 Å². The van der Waals surface area contributed by atoms with Gasteiger partial charge in [-0.15, -0.1) is 0 Å². The van der Waals surface area contributed by atoms with Crippen molar-refractivity contribution < 1.29 is 9.18 Å². The van der Waals surface area contributed by atoms with Crippen LogP contribution in [0.25, 0.3) is 11.3 Å². The van der Waals surface area contributed by atoms with E-state index in [0.29, 0.717) is 31.0 Å². The average Bonchev–Trinajstić information content (AvgIpc) is 3.31. The lowest BCUT2D eigenvalue weighted by atomic mass is 9.86. The molecule has 1 aliphatic carbocycles. The minimum atomic E-state index is -0.725. The Balaban J connectivity index is 1.55. The Labute approximate surface area is 200 Å². The van der Waals surface area contributed by atoms with E-state index in [2.05, 4.69) is 4.99 Å². The first kappa shape index (κ1) is 24.3. The smallest absolute Gasteiger partial charge is 0.222 e. The van der Waals surface area contributed by atoms with E-state index < -0.39 is 6.29 Å². The van der Waals surface area contributed by atoms with Crippen molar-refractivity contribution in [3.05, 3.63) is 41.8 Å². The summed E-state index contributed by atoms with van der Waals surface area (Å²) in [4.78, 5) is 19.5. The molecule has 4 rings (SSSR count). The summed E-state index contributed by atoms with van der Waals surface area (Å²) in [5.41, 5.74) is 8.81. The summed E-state index contributed by atoms with van der Waals surface area (Å²) in [7, 11) is 0. The minimum absolute atomic E-state index is 0.106. The van der Waals surface area contributed by atoms with Gasteiger partial charge in [0.05, 0.1) is 5.69 Å². The number of nitrogens with one attached hydrogen (secondary N) is 1. The zero-order chi connectivity index (χ0) is 23.9. The van der Waals surface area contributed by atoms with Crippen molar-refractivity contribution in [1.82, 2.24) is 14.7 Å². The second kappa shape index (κ2) is 11.5. The molecule has 2 atom stereocenters. The Kier molecular flexibility index (Phi) is 8.21. The molecule has 1 aliphatic heterocycles. The quantitative estimate of drug-likeness (QED) is 0.542. The molecule has 2 aliphatic rings. The van der Waals surface area contributed by atoms with E-state index in [0.717, 1.165) is 30.6 Å². The highest BCUT2D eigenvalue weighted by molar-refractivity contribution is 5.77. The van der Waals surface area contributed by atoms with Gasteiger partial charge in [0.25, 0.3) is 0 Å². The number of rotatable bonds is 8. The van der Waals surface area contributed by atoms with Crippen molar-refractivity contribution in [2.75, 3.05) is 13.1 Å². The molecule has 7 nitrogen and oxygen atoms in total. The Hall–Kier alpha value is -2.87. The number of carbonyl (C=O) groups is 1. The molecule has 2 aromatic rings. The molecule has 1 aromatic carbocycles. The summed E-state index contributed by atoms with van der Waals surface area (Å²) in [6, 6.07) is 8.25. The summed E-state index contributed by atoms with van der Waals surface area (Å²) >= 11 is 0. The molecule has 0 bridgehead atoms. The van der Waals surface area contributed by atoms with Crippen LogP contribution in [0.5, 0.6) is 0 Å². The van der Waals surface area contributed by atoms with E-state index in [9.17, 15) is 9.18 Å². The van der Waals surface area contributed by atoms with Crippen LogP contribution in [0.4, 0.5) is 4.39 Å². The lowest BCUT2D eigenvalue weighted by Crippen LogP contribution is -2.40. The molecule has 3 N–H and O–H groups in total. The normalized spacial score (nSPS) is 20.5. The molecular formula is C26H35FN6O. The molecule has 8 heteroatoms. The number of hydrogen-bond donors (Lipinski definition) is 2. The van der Waals surface area contributed by atoms with Gasteiger partial charge in [-0.2, -0.15) is 5.10 Å². The van der Waals surface area contributed by atoms with E-state index in [-0.39, 0.29) is 17.6 Å². The van der Waals surface area contributed by atoms with Crippen molar-refractivity contribution in [3.63, 3.8) is 0 Å². The number of hydrogen-bond acceptors (Lipinski definition) is 5. The van der Waals surface area contributed by atoms with Crippen LogP contribution < -0.4 is 5.73 Å². The predicted molar refractivity (Wildman–Crippen MR) is 132 cm³/mol. The van der Waals surface area contributed by atoms with Crippen LogP contribution in [0, 0.1) is 17.1 Å². The van der Waals surface area contributed by atoms with Gasteiger partial charge in [0, 0.05) is 55.5 Å². The third kappa shape index (κ3) is 5.97. The van der Waals surface area contributed by atoms with Gasteiger partial charge in [-0.05, 0) is 61.9 Å². The molecule has 1 aromatic heterocycles. The first-order valence-electron chi connectivity index (χ1n) is 12.4. The summed E-state index contributed by atoms with van der Waals surface area (Å²) in [6.45, 7) is 1.45. The van der Waals surface area contributed by atoms with Crippen LogP contribution in [-0.2, 0) is 4.79 Å². The Bertz CT molecular complexity index is 995. The topological polar surface area (TPSA) is 100 Å². The van der Waals surface area contributed by atoms with Crippen molar-refractivity contribution in [2.45, 2.75) is 70.0 Å². The molecule has 34 heavy (non-hydrogen) atoms. The van der Waals surface area contributed by atoms with Crippen LogP contribution in [0.2, 0.25) is 0 Å². The molecular weight excluding hydrogens is 431 g/mol. The van der Waals surface area contributed by atoms with Gasteiger partial charge < -0.3 is 10.3 Å². The first-order chi connectivity index (χ1) is 16.5. The maximum absolute atomic E-state index is 13.4. The van der Waals surface area contributed by atoms with Gasteiger partial charge in [-0.3, -0.25) is 15.5 Å². The molecule has 2 fully saturated rings. The average molecular weight is 467 g/mol. The highest BCUT2D eigenvalue weighted by Gasteiger charge is 2.30.